The van der Waals surface area contributed by atoms with Crippen LogP contribution in [0.4, 0.5) is 17.6 Å². The van der Waals surface area contributed by atoms with E-state index in [0.717, 1.165) is 85.0 Å². The summed E-state index contributed by atoms with van der Waals surface area (Å²) in [4.78, 5) is 24.4. The average Bonchev–Trinajstić information content (AvgIpc) is 3.33. The van der Waals surface area contributed by atoms with Crippen LogP contribution in [0.5, 0.6) is 0 Å². The molecule has 2 fully saturated rings. The summed E-state index contributed by atoms with van der Waals surface area (Å²) in [6.07, 6.45) is -1.63. The number of hydrogen-bond donors (Lipinski definition) is 0. The number of carbonyl (C=O) groups excluding carboxylic acids is 1. The third kappa shape index (κ3) is 6.77. The van der Waals surface area contributed by atoms with E-state index < -0.39 is 17.6 Å². The number of hydrogen-bond acceptors (Lipinski definition) is 7. The van der Waals surface area contributed by atoms with Gasteiger partial charge in [0.2, 0.25) is 0 Å². The topological polar surface area (TPSA) is 69.5 Å². The number of aromatic nitrogens is 3. The lowest BCUT2D eigenvalue weighted by atomic mass is 9.93. The number of imidazole rings is 1. The Morgan fingerprint density at radius 1 is 1.07 bits per heavy atom. The standard InChI is InChI=1S/C32H32F4N4O3S/c1-42-31(41)21-5-7-27-28(15-21)40(17-24-11-14-43-24)30(38-27)18-39-12-9-20(10-13-39)26-4-2-3-23(37-26)19-44-29-8-6-22(16-25(29)33)32(34,35)36/h2-8,15-16,20,24H,9-14,17-19H2,1H3/t24-/m0/s1. The lowest BCUT2D eigenvalue weighted by molar-refractivity contribution is -0.137. The van der Waals surface area contributed by atoms with Crippen LogP contribution in [0.25, 0.3) is 11.0 Å². The predicted molar refractivity (Wildman–Crippen MR) is 158 cm³/mol. The smallest absolute Gasteiger partial charge is 0.416 e. The molecule has 0 unspecified atom stereocenters. The summed E-state index contributed by atoms with van der Waals surface area (Å²) >= 11 is 1.14. The number of nitrogens with zero attached hydrogens (tertiary/aromatic N) is 4. The number of methoxy groups -OCH3 is 1. The number of rotatable bonds is 9. The van der Waals surface area contributed by atoms with Gasteiger partial charge in [-0.2, -0.15) is 13.2 Å². The van der Waals surface area contributed by atoms with Crippen LogP contribution in [0.15, 0.2) is 59.5 Å². The highest BCUT2D eigenvalue weighted by Crippen LogP contribution is 2.34. The summed E-state index contributed by atoms with van der Waals surface area (Å²) in [5.74, 6) is 0.290. The third-order valence-corrected chi connectivity index (χ3v) is 9.34. The van der Waals surface area contributed by atoms with Crippen molar-refractivity contribution in [1.82, 2.24) is 19.4 Å². The van der Waals surface area contributed by atoms with E-state index in [4.69, 9.17) is 19.4 Å². The maximum absolute atomic E-state index is 14.3. The molecule has 0 spiro atoms. The van der Waals surface area contributed by atoms with Crippen LogP contribution in [-0.2, 0) is 34.5 Å². The van der Waals surface area contributed by atoms with Gasteiger partial charge in [0.1, 0.15) is 11.6 Å². The van der Waals surface area contributed by atoms with Crippen molar-refractivity contribution >= 4 is 28.8 Å². The van der Waals surface area contributed by atoms with Gasteiger partial charge in [-0.3, -0.25) is 9.88 Å². The Labute approximate surface area is 256 Å². The van der Waals surface area contributed by atoms with E-state index >= 15 is 0 Å². The van der Waals surface area contributed by atoms with Gasteiger partial charge in [-0.05, 0) is 80.9 Å². The Bertz CT molecular complexity index is 1650. The van der Waals surface area contributed by atoms with Crippen LogP contribution in [0, 0.1) is 5.82 Å². The highest BCUT2D eigenvalue weighted by Gasteiger charge is 2.31. The zero-order valence-corrected chi connectivity index (χ0v) is 25.0. The van der Waals surface area contributed by atoms with E-state index in [0.29, 0.717) is 30.5 Å². The number of halogens is 4. The molecule has 2 aliphatic heterocycles. The molecule has 44 heavy (non-hydrogen) atoms. The minimum Gasteiger partial charge on any atom is -0.465 e. The van der Waals surface area contributed by atoms with E-state index in [1.807, 2.05) is 30.3 Å². The molecule has 7 nitrogen and oxygen atoms in total. The Kier molecular flexibility index (Phi) is 8.93. The maximum Gasteiger partial charge on any atom is 0.416 e. The van der Waals surface area contributed by atoms with E-state index in [9.17, 15) is 22.4 Å². The van der Waals surface area contributed by atoms with Crippen molar-refractivity contribution in [3.8, 4) is 0 Å². The Morgan fingerprint density at radius 3 is 2.55 bits per heavy atom. The lowest BCUT2D eigenvalue weighted by Gasteiger charge is -2.32. The summed E-state index contributed by atoms with van der Waals surface area (Å²) in [5.41, 5.74) is 2.94. The normalized spacial score (nSPS) is 18.0. The Hall–Kier alpha value is -3.48. The van der Waals surface area contributed by atoms with Crippen molar-refractivity contribution in [2.24, 2.45) is 0 Å². The fraction of sp³-hybridized carbons (Fsp3) is 0.406. The molecule has 4 aromatic rings. The van der Waals surface area contributed by atoms with E-state index in [2.05, 4.69) is 9.47 Å². The van der Waals surface area contributed by atoms with Crippen LogP contribution < -0.4 is 0 Å². The second kappa shape index (κ2) is 12.9. The number of pyridine rings is 1. The summed E-state index contributed by atoms with van der Waals surface area (Å²) in [7, 11) is 1.37. The molecule has 2 aromatic heterocycles. The molecule has 1 atom stereocenters. The first-order chi connectivity index (χ1) is 21.2. The summed E-state index contributed by atoms with van der Waals surface area (Å²) in [6.45, 7) is 3.83. The first-order valence-corrected chi connectivity index (χ1v) is 15.5. The molecule has 4 heterocycles. The summed E-state index contributed by atoms with van der Waals surface area (Å²) in [6, 6.07) is 13.8. The van der Waals surface area contributed by atoms with Crippen LogP contribution in [0.3, 0.4) is 0 Å². The van der Waals surface area contributed by atoms with Gasteiger partial charge in [0.05, 0.1) is 54.2 Å². The van der Waals surface area contributed by atoms with Gasteiger partial charge in [0, 0.05) is 28.9 Å². The monoisotopic (exact) mass is 628 g/mol. The van der Waals surface area contributed by atoms with Gasteiger partial charge in [-0.1, -0.05) is 6.07 Å². The Balaban J connectivity index is 1.09. The number of carbonyl (C=O) groups is 1. The average molecular weight is 629 g/mol. The number of likely N-dealkylation sites (tertiary alicyclic amines) is 1. The zero-order valence-electron chi connectivity index (χ0n) is 24.1. The zero-order chi connectivity index (χ0) is 30.8. The number of ether oxygens (including phenoxy) is 2. The van der Waals surface area contributed by atoms with Crippen molar-refractivity contribution < 1.29 is 31.8 Å². The Morgan fingerprint density at radius 2 is 1.86 bits per heavy atom. The fourth-order valence-electron chi connectivity index (χ4n) is 5.71. The number of esters is 1. The molecule has 2 saturated heterocycles. The van der Waals surface area contributed by atoms with Gasteiger partial charge >= 0.3 is 12.1 Å². The number of fused-ring (bicyclic) bond motifs is 1. The maximum atomic E-state index is 14.3. The molecule has 0 bridgehead atoms. The van der Waals surface area contributed by atoms with Crippen LogP contribution >= 0.6 is 11.8 Å². The molecule has 2 aromatic carbocycles. The number of benzene rings is 2. The number of alkyl halides is 3. The molecule has 2 aliphatic rings. The molecular weight excluding hydrogens is 596 g/mol. The summed E-state index contributed by atoms with van der Waals surface area (Å²) in [5, 5.41) is 0. The number of thioether (sulfide) groups is 1. The molecule has 0 aliphatic carbocycles. The minimum absolute atomic E-state index is 0.130. The summed E-state index contributed by atoms with van der Waals surface area (Å²) < 4.78 is 65.7. The van der Waals surface area contributed by atoms with Crippen molar-refractivity contribution in [2.45, 2.75) is 61.2 Å². The molecular formula is C32H32F4N4O3S. The van der Waals surface area contributed by atoms with E-state index in [1.165, 1.54) is 13.2 Å². The third-order valence-electron chi connectivity index (χ3n) is 8.26. The van der Waals surface area contributed by atoms with E-state index in [-0.39, 0.29) is 22.9 Å². The SMILES string of the molecule is COC(=O)c1ccc2nc(CN3CCC(c4cccc(CSc5ccc(C(F)(F)F)cc5F)n4)CC3)n(C[C@@H]3CCO3)c2c1. The van der Waals surface area contributed by atoms with Crippen molar-refractivity contribution in [2.75, 3.05) is 26.8 Å². The molecule has 0 saturated carbocycles. The fourth-order valence-corrected chi connectivity index (χ4v) is 6.54. The van der Waals surface area contributed by atoms with Gasteiger partial charge < -0.3 is 14.0 Å². The van der Waals surface area contributed by atoms with Crippen molar-refractivity contribution in [3.05, 3.63) is 88.8 Å². The number of piperidine rings is 1. The highest BCUT2D eigenvalue weighted by atomic mass is 32.2. The molecule has 232 valence electrons. The first-order valence-electron chi connectivity index (χ1n) is 14.5. The van der Waals surface area contributed by atoms with Crippen LogP contribution in [-0.4, -0.2) is 58.3 Å². The minimum atomic E-state index is -4.58. The van der Waals surface area contributed by atoms with Gasteiger partial charge in [0.25, 0.3) is 0 Å². The van der Waals surface area contributed by atoms with Crippen molar-refractivity contribution in [3.63, 3.8) is 0 Å². The van der Waals surface area contributed by atoms with E-state index in [1.54, 1.807) is 6.07 Å². The molecule has 0 amide bonds. The molecule has 0 radical (unpaired) electrons. The van der Waals surface area contributed by atoms with Gasteiger partial charge in [-0.15, -0.1) is 11.8 Å². The molecule has 12 heteroatoms. The van der Waals surface area contributed by atoms with Gasteiger partial charge in [0.15, 0.2) is 0 Å². The van der Waals surface area contributed by atoms with Crippen molar-refractivity contribution in [1.29, 1.82) is 0 Å². The second-order valence-corrected chi connectivity index (χ2v) is 12.2. The first kappa shape index (κ1) is 30.5. The quantitative estimate of drug-likeness (QED) is 0.114. The van der Waals surface area contributed by atoms with Crippen LogP contribution in [0.1, 0.15) is 58.3 Å². The van der Waals surface area contributed by atoms with Crippen LogP contribution in [0.2, 0.25) is 0 Å². The lowest BCUT2D eigenvalue weighted by Crippen LogP contribution is -2.35. The highest BCUT2D eigenvalue weighted by molar-refractivity contribution is 7.98. The van der Waals surface area contributed by atoms with Gasteiger partial charge in [-0.25, -0.2) is 14.2 Å². The second-order valence-electron chi connectivity index (χ2n) is 11.2. The predicted octanol–water partition coefficient (Wildman–Crippen LogP) is 6.84. The molecule has 0 N–H and O–H groups in total. The molecule has 6 rings (SSSR count). The largest absolute Gasteiger partial charge is 0.465 e.